The minimum Gasteiger partial charge on any atom is -0.455 e. The van der Waals surface area contributed by atoms with Gasteiger partial charge < -0.3 is 4.42 Å². The van der Waals surface area contributed by atoms with Crippen LogP contribution in [0.25, 0.3) is 109 Å². The maximum Gasteiger partial charge on any atom is 0.143 e. The Balaban J connectivity index is 1.37. The van der Waals surface area contributed by atoms with Gasteiger partial charge in [0.2, 0.25) is 0 Å². The molecule has 11 aromatic rings. The van der Waals surface area contributed by atoms with Crippen molar-refractivity contribution in [1.82, 2.24) is 0 Å². The molecule has 1 nitrogen and oxygen atoms in total. The van der Waals surface area contributed by atoms with Gasteiger partial charge in [0.1, 0.15) is 11.2 Å². The fourth-order valence-corrected chi connectivity index (χ4v) is 7.52. The molecule has 0 aliphatic carbocycles. The Labute approximate surface area is 315 Å². The molecule has 11 rings (SSSR count). The number of hydrogen-bond acceptors (Lipinski definition) is 1. The summed E-state index contributed by atoms with van der Waals surface area (Å²) < 4.78 is 143. The van der Waals surface area contributed by atoms with E-state index in [1.807, 2.05) is 72.8 Å². The third-order valence-electron chi connectivity index (χ3n) is 9.70. The smallest absolute Gasteiger partial charge is 0.143 e. The molecule has 10 aromatic carbocycles. The highest BCUT2D eigenvalue weighted by molar-refractivity contribution is 6.25. The second-order valence-corrected chi connectivity index (χ2v) is 12.4. The van der Waals surface area contributed by atoms with Crippen molar-refractivity contribution in [2.24, 2.45) is 0 Å². The minimum absolute atomic E-state index is 0.0236. The first-order chi connectivity index (χ1) is 31.5. The van der Waals surface area contributed by atoms with E-state index in [1.54, 1.807) is 18.2 Å². The van der Waals surface area contributed by atoms with E-state index in [0.29, 0.717) is 38.6 Å². The molecule has 0 aliphatic rings. The topological polar surface area (TPSA) is 13.1 Å². The molecule has 0 atom stereocenters. The number of furan rings is 1. The summed E-state index contributed by atoms with van der Waals surface area (Å²) >= 11 is 0. The van der Waals surface area contributed by atoms with Gasteiger partial charge in [-0.15, -0.1) is 0 Å². The number of fused-ring (bicyclic) bond motifs is 9. The second kappa shape index (κ2) is 10.9. The molecule has 0 saturated heterocycles. The molecule has 0 amide bonds. The zero-order valence-corrected chi connectivity index (χ0v) is 26.6. The minimum atomic E-state index is -0.744. The van der Waals surface area contributed by atoms with Crippen LogP contribution in [-0.4, -0.2) is 0 Å². The van der Waals surface area contributed by atoms with Crippen molar-refractivity contribution >= 4 is 75.8 Å². The molecule has 0 unspecified atom stereocenters. The number of para-hydroxylation sites is 1. The first-order valence-electron chi connectivity index (χ1n) is 23.9. The van der Waals surface area contributed by atoms with Gasteiger partial charge in [-0.1, -0.05) is 157 Å². The van der Waals surface area contributed by atoms with Gasteiger partial charge in [-0.25, -0.2) is 0 Å². The van der Waals surface area contributed by atoms with Crippen molar-refractivity contribution in [2.75, 3.05) is 0 Å². The van der Waals surface area contributed by atoms with Crippen molar-refractivity contribution in [3.05, 3.63) is 182 Å². The van der Waals surface area contributed by atoms with E-state index in [9.17, 15) is 8.22 Å². The predicted octanol–water partition coefficient (Wildman–Crippen LogP) is 14.4. The average Bonchev–Trinajstić information content (AvgIpc) is 3.72. The van der Waals surface area contributed by atoms with Crippen LogP contribution in [0.15, 0.2) is 186 Å². The molecule has 0 bridgehead atoms. The monoisotopic (exact) mass is 661 g/mol. The highest BCUT2D eigenvalue weighted by Crippen LogP contribution is 2.47. The summed E-state index contributed by atoms with van der Waals surface area (Å²) in [6.45, 7) is 0. The summed E-state index contributed by atoms with van der Waals surface area (Å²) in [5, 5.41) is 3.21. The maximum atomic E-state index is 9.60. The molecule has 0 radical (unpaired) electrons. The van der Waals surface area contributed by atoms with Crippen molar-refractivity contribution in [2.45, 2.75) is 0 Å². The largest absolute Gasteiger partial charge is 0.455 e. The molecule has 1 heterocycles. The van der Waals surface area contributed by atoms with Crippen molar-refractivity contribution in [3.8, 4) is 33.4 Å². The fraction of sp³-hybridized carbons (Fsp3) is 0. The van der Waals surface area contributed by atoms with Crippen molar-refractivity contribution in [1.29, 1.82) is 0 Å². The van der Waals surface area contributed by atoms with Gasteiger partial charge >= 0.3 is 0 Å². The highest BCUT2D eigenvalue weighted by atomic mass is 16.3. The quantitative estimate of drug-likeness (QED) is 0.172. The zero-order valence-electron chi connectivity index (χ0n) is 41.6. The molecular formula is C50H30O. The van der Waals surface area contributed by atoms with Crippen LogP contribution in [0.2, 0.25) is 0 Å². The van der Waals surface area contributed by atoms with E-state index >= 15 is 0 Å². The first kappa shape index (κ1) is 17.3. The lowest BCUT2D eigenvalue weighted by molar-refractivity contribution is 0.670. The summed E-state index contributed by atoms with van der Waals surface area (Å²) in [4.78, 5) is 0. The van der Waals surface area contributed by atoms with Gasteiger partial charge in [0.25, 0.3) is 0 Å². The van der Waals surface area contributed by atoms with Crippen LogP contribution in [0.4, 0.5) is 0 Å². The SMILES string of the molecule is [2H]c1c([2H])c([2H])c2c([2H])c(-c3c4c([2H])c([2H])c([2H])c([2H])c4c(-c4cc(-c5cccc6c5oc5ccc7ccccc7c56)cc5ccccc45)c4c([2H])c([2H])c([2H])c([2H])c34)c([2H])c([2H])c2c1[2H]. The normalized spacial score (nSPS) is 16.0. The van der Waals surface area contributed by atoms with Crippen LogP contribution < -0.4 is 0 Å². The van der Waals surface area contributed by atoms with Crippen molar-refractivity contribution in [3.63, 3.8) is 0 Å². The van der Waals surface area contributed by atoms with Gasteiger partial charge in [0.05, 0.1) is 20.6 Å². The third-order valence-corrected chi connectivity index (χ3v) is 9.70. The summed E-state index contributed by atoms with van der Waals surface area (Å²) in [5.74, 6) is 0. The van der Waals surface area contributed by atoms with Crippen LogP contribution in [0.5, 0.6) is 0 Å². The van der Waals surface area contributed by atoms with Gasteiger partial charge in [0, 0.05) is 16.3 Å². The second-order valence-electron chi connectivity index (χ2n) is 12.4. The predicted molar refractivity (Wildman–Crippen MR) is 218 cm³/mol. The van der Waals surface area contributed by atoms with Gasteiger partial charge in [0.15, 0.2) is 0 Å². The molecule has 0 N–H and O–H groups in total. The van der Waals surface area contributed by atoms with E-state index in [2.05, 4.69) is 0 Å². The molecule has 0 spiro atoms. The lowest BCUT2D eigenvalue weighted by Crippen LogP contribution is -1.92. The molecule has 1 heteroatoms. The summed E-state index contributed by atoms with van der Waals surface area (Å²) in [6, 6.07) is 18.6. The lowest BCUT2D eigenvalue weighted by atomic mass is 9.83. The zero-order chi connectivity index (χ0) is 46.5. The van der Waals surface area contributed by atoms with Crippen LogP contribution in [0.3, 0.4) is 0 Å². The lowest BCUT2D eigenvalue weighted by Gasteiger charge is -2.20. The van der Waals surface area contributed by atoms with E-state index in [1.165, 1.54) is 0 Å². The Morgan fingerprint density at radius 1 is 0.392 bits per heavy atom. The third kappa shape index (κ3) is 4.22. The standard InChI is InChI=1S/C50H30O/c1-2-14-33-28-35(25-24-31(33)12-1)47-40-18-7-9-20-42(40)48(43-21-10-8-19-41(43)47)45-30-36(29-34-15-4-5-16-37(34)45)39-22-11-23-44-49-38-17-6-3-13-32(38)26-27-46(49)51-50(39)44/h1-30H/i1D,2D,7D,8D,9D,10D,12D,14D,18D,19D,20D,21D,24D,25D,28D. The molecule has 0 fully saturated rings. The number of benzene rings is 10. The first-order valence-corrected chi connectivity index (χ1v) is 16.4. The average molecular weight is 662 g/mol. The highest BCUT2D eigenvalue weighted by Gasteiger charge is 2.20. The van der Waals surface area contributed by atoms with Crippen LogP contribution in [0, 0.1) is 0 Å². The summed E-state index contributed by atoms with van der Waals surface area (Å²) in [5.41, 5.74) is 2.02. The van der Waals surface area contributed by atoms with Gasteiger partial charge in [-0.3, -0.25) is 0 Å². The van der Waals surface area contributed by atoms with Gasteiger partial charge in [-0.05, 0) is 106 Å². The Hall–Kier alpha value is -6.70. The summed E-state index contributed by atoms with van der Waals surface area (Å²) in [6.07, 6.45) is 0. The van der Waals surface area contributed by atoms with Gasteiger partial charge in [-0.2, -0.15) is 0 Å². The molecule has 1 aromatic heterocycles. The maximum absolute atomic E-state index is 9.60. The Bertz CT molecular complexity index is 3980. The molecule has 236 valence electrons. The van der Waals surface area contributed by atoms with E-state index in [4.69, 9.17) is 16.8 Å². The number of rotatable bonds is 3. The Morgan fingerprint density at radius 3 is 1.82 bits per heavy atom. The van der Waals surface area contributed by atoms with Crippen LogP contribution in [0.1, 0.15) is 20.6 Å². The molecule has 0 aliphatic heterocycles. The van der Waals surface area contributed by atoms with Crippen LogP contribution in [-0.2, 0) is 0 Å². The van der Waals surface area contributed by atoms with Crippen molar-refractivity contribution < 1.29 is 25.0 Å². The molecule has 0 saturated carbocycles. The molecule has 51 heavy (non-hydrogen) atoms. The fourth-order valence-electron chi connectivity index (χ4n) is 7.52. The summed E-state index contributed by atoms with van der Waals surface area (Å²) in [7, 11) is 0. The molecular weight excluding hydrogens is 617 g/mol. The Morgan fingerprint density at radius 2 is 1.04 bits per heavy atom. The van der Waals surface area contributed by atoms with E-state index in [-0.39, 0.29) is 32.7 Å². The number of hydrogen-bond donors (Lipinski definition) is 0. The Kier molecular flexibility index (Phi) is 3.70. The van der Waals surface area contributed by atoms with E-state index < -0.39 is 107 Å². The van der Waals surface area contributed by atoms with E-state index in [0.717, 1.165) is 21.5 Å². The van der Waals surface area contributed by atoms with Crippen LogP contribution >= 0.6 is 0 Å².